The van der Waals surface area contributed by atoms with Gasteiger partial charge in [-0.05, 0) is 81.9 Å². The van der Waals surface area contributed by atoms with Gasteiger partial charge in [0, 0.05) is 25.3 Å². The van der Waals surface area contributed by atoms with Crippen LogP contribution in [0, 0.1) is 17.3 Å². The molecule has 2 aromatic rings. The summed E-state index contributed by atoms with van der Waals surface area (Å²) in [6.45, 7) is 15.5. The summed E-state index contributed by atoms with van der Waals surface area (Å²) >= 11 is 6.34. The predicted molar refractivity (Wildman–Crippen MR) is 201 cm³/mol. The first kappa shape index (κ1) is 41.8. The second kappa shape index (κ2) is 17.9. The number of ether oxygens (including phenoxy) is 5. The number of benzene rings is 2. The number of esters is 2. The van der Waals surface area contributed by atoms with Crippen molar-refractivity contribution < 1.29 is 42.9 Å². The lowest BCUT2D eigenvalue weighted by Gasteiger charge is -2.29. The van der Waals surface area contributed by atoms with Crippen molar-refractivity contribution in [2.24, 2.45) is 17.3 Å². The molecule has 53 heavy (non-hydrogen) atoms. The lowest BCUT2D eigenvalue weighted by Crippen LogP contribution is -2.51. The number of methoxy groups -OCH3 is 1. The molecule has 11 nitrogen and oxygen atoms in total. The minimum atomic E-state index is -1.21. The largest absolute Gasteiger partial charge is 0.495 e. The van der Waals surface area contributed by atoms with Crippen LogP contribution in [0.4, 0.5) is 0 Å². The Hall–Kier alpha value is -3.93. The van der Waals surface area contributed by atoms with E-state index in [1.807, 2.05) is 65.8 Å². The van der Waals surface area contributed by atoms with Gasteiger partial charge < -0.3 is 34.3 Å². The Labute approximate surface area is 318 Å². The van der Waals surface area contributed by atoms with E-state index in [1.165, 1.54) is 13.2 Å². The minimum absolute atomic E-state index is 0.00774. The van der Waals surface area contributed by atoms with Gasteiger partial charge >= 0.3 is 11.9 Å². The van der Waals surface area contributed by atoms with Crippen molar-refractivity contribution in [3.05, 3.63) is 76.3 Å². The average molecular weight is 755 g/mol. The third kappa shape index (κ3) is 12.3. The molecule has 0 bridgehead atoms. The van der Waals surface area contributed by atoms with Gasteiger partial charge in [-0.15, -0.1) is 0 Å². The smallest absolute Gasteiger partial charge is 0.347 e. The van der Waals surface area contributed by atoms with Crippen LogP contribution in [0.15, 0.2) is 54.6 Å². The zero-order valence-electron chi connectivity index (χ0n) is 32.3. The van der Waals surface area contributed by atoms with Crippen molar-refractivity contribution in [1.82, 2.24) is 10.6 Å². The first-order valence-electron chi connectivity index (χ1n) is 18.2. The molecule has 0 radical (unpaired) electrons. The fourth-order valence-corrected chi connectivity index (χ4v) is 6.21. The number of amides is 2. The first-order valence-corrected chi connectivity index (χ1v) is 18.6. The Morgan fingerprint density at radius 2 is 1.66 bits per heavy atom. The van der Waals surface area contributed by atoms with Gasteiger partial charge in [0.25, 0.3) is 0 Å². The normalized spacial score (nSPS) is 25.5. The molecule has 4 rings (SSSR count). The van der Waals surface area contributed by atoms with Crippen molar-refractivity contribution in [1.29, 1.82) is 0 Å². The number of cyclic esters (lactones) is 2. The van der Waals surface area contributed by atoms with Crippen LogP contribution in [0.3, 0.4) is 0 Å². The second-order valence-electron chi connectivity index (χ2n) is 16.0. The van der Waals surface area contributed by atoms with Gasteiger partial charge in [0.2, 0.25) is 11.8 Å². The molecule has 0 aromatic heterocycles. The number of epoxide rings is 1. The van der Waals surface area contributed by atoms with Gasteiger partial charge in [0.05, 0.1) is 35.9 Å². The molecule has 1 saturated heterocycles. The Bertz CT molecular complexity index is 1630. The molecule has 2 amide bonds. The number of hydrogen-bond donors (Lipinski definition) is 2. The van der Waals surface area contributed by atoms with E-state index in [-0.39, 0.29) is 55.5 Å². The molecule has 1 fully saturated rings. The molecule has 0 spiro atoms. The second-order valence-corrected chi connectivity index (χ2v) is 16.4. The van der Waals surface area contributed by atoms with Crippen molar-refractivity contribution in [2.75, 3.05) is 13.7 Å². The van der Waals surface area contributed by atoms with E-state index in [0.717, 1.165) is 11.1 Å². The van der Waals surface area contributed by atoms with Gasteiger partial charge in [-0.25, -0.2) is 4.79 Å². The average Bonchev–Trinajstić information content (AvgIpc) is 3.89. The number of carbonyl (C=O) groups excluding carboxylic acids is 4. The standard InChI is InChI=1S/C41H55ClN2O9/c1-24(2)19-33-38(47)51-31(25(3)35-36(53-35)28-16-13-26(14-17-28)22-50-40(4,5)6)11-10-12-34(45)44-30(21-27-15-18-32(49-9)29(42)20-27)37(46)43-23-41(7,8)39(48)52-33/h10,12-18,20,24-25,30-31,33,35-36H,11,19,21-23H2,1-9H3,(H,43,46)(H,44,45)/b12-10+/t25-,30+,31-,33-,35+,36+/m0/s1. The summed E-state index contributed by atoms with van der Waals surface area (Å²) in [7, 11) is 1.51. The van der Waals surface area contributed by atoms with E-state index in [0.29, 0.717) is 22.9 Å². The lowest BCUT2D eigenvalue weighted by atomic mass is 9.92. The van der Waals surface area contributed by atoms with Crippen LogP contribution in [0.5, 0.6) is 5.75 Å². The van der Waals surface area contributed by atoms with E-state index in [9.17, 15) is 19.2 Å². The van der Waals surface area contributed by atoms with Crippen molar-refractivity contribution >= 4 is 35.4 Å². The molecule has 0 aliphatic carbocycles. The van der Waals surface area contributed by atoms with Gasteiger partial charge in [0.1, 0.15) is 24.0 Å². The number of nitrogens with one attached hydrogen (secondary N) is 2. The Kier molecular flexibility index (Phi) is 14.1. The summed E-state index contributed by atoms with van der Waals surface area (Å²) in [4.78, 5) is 54.0. The van der Waals surface area contributed by atoms with Gasteiger partial charge in [-0.1, -0.05) is 68.8 Å². The van der Waals surface area contributed by atoms with Crippen LogP contribution in [-0.2, 0) is 51.2 Å². The molecule has 12 heteroatoms. The summed E-state index contributed by atoms with van der Waals surface area (Å²) < 4.78 is 29.2. The fourth-order valence-electron chi connectivity index (χ4n) is 5.93. The Balaban J connectivity index is 1.57. The highest BCUT2D eigenvalue weighted by Gasteiger charge is 2.48. The van der Waals surface area contributed by atoms with Crippen LogP contribution < -0.4 is 15.4 Å². The summed E-state index contributed by atoms with van der Waals surface area (Å²) in [6.07, 6.45) is 1.15. The lowest BCUT2D eigenvalue weighted by molar-refractivity contribution is -0.179. The van der Waals surface area contributed by atoms with Gasteiger partial charge in [0.15, 0.2) is 6.10 Å². The molecular weight excluding hydrogens is 700 g/mol. The highest BCUT2D eigenvalue weighted by atomic mass is 35.5. The molecule has 2 aliphatic heterocycles. The van der Waals surface area contributed by atoms with E-state index in [4.69, 9.17) is 35.3 Å². The zero-order valence-corrected chi connectivity index (χ0v) is 33.1. The molecule has 0 unspecified atom stereocenters. The predicted octanol–water partition coefficient (Wildman–Crippen LogP) is 6.44. The molecule has 0 saturated carbocycles. The zero-order chi connectivity index (χ0) is 39.1. The third-order valence-corrected chi connectivity index (χ3v) is 9.55. The number of hydrogen-bond acceptors (Lipinski definition) is 9. The number of rotatable bonds is 10. The van der Waals surface area contributed by atoms with Crippen molar-refractivity contribution in [2.45, 2.75) is 117 Å². The van der Waals surface area contributed by atoms with E-state index in [1.54, 1.807) is 38.1 Å². The van der Waals surface area contributed by atoms with E-state index >= 15 is 0 Å². The van der Waals surface area contributed by atoms with Crippen LogP contribution in [0.25, 0.3) is 0 Å². The van der Waals surface area contributed by atoms with Crippen LogP contribution >= 0.6 is 11.6 Å². The SMILES string of the molecule is COc1ccc(C[C@H]2NC(=O)/C=C/C[C@@H]([C@H](C)[C@H]3O[C@@H]3c3ccc(COC(C)(C)C)cc3)OC(=O)[C@H](CC(C)C)OC(=O)C(C)(C)CNC2=O)cc1Cl. The maximum absolute atomic E-state index is 13.7. The van der Waals surface area contributed by atoms with Gasteiger partial charge in [-0.3, -0.25) is 14.4 Å². The maximum atomic E-state index is 13.7. The minimum Gasteiger partial charge on any atom is -0.495 e. The van der Waals surface area contributed by atoms with Gasteiger partial charge in [-0.2, -0.15) is 0 Å². The topological polar surface area (TPSA) is 142 Å². The molecule has 2 N–H and O–H groups in total. The molecular formula is C41H55ClN2O9. The number of halogens is 1. The summed E-state index contributed by atoms with van der Waals surface area (Å²) in [5.74, 6) is -2.15. The summed E-state index contributed by atoms with van der Waals surface area (Å²) in [5, 5.41) is 5.93. The van der Waals surface area contributed by atoms with Crippen molar-refractivity contribution in [3.63, 3.8) is 0 Å². The first-order chi connectivity index (χ1) is 24.9. The highest BCUT2D eigenvalue weighted by Crippen LogP contribution is 2.45. The summed E-state index contributed by atoms with van der Waals surface area (Å²) in [5.41, 5.74) is 1.27. The third-order valence-electron chi connectivity index (χ3n) is 9.26. The molecule has 2 aromatic carbocycles. The van der Waals surface area contributed by atoms with E-state index in [2.05, 4.69) is 10.6 Å². The summed E-state index contributed by atoms with van der Waals surface area (Å²) in [6, 6.07) is 12.2. The van der Waals surface area contributed by atoms with E-state index < -0.39 is 47.4 Å². The quantitative estimate of drug-likeness (QED) is 0.207. The van der Waals surface area contributed by atoms with Crippen molar-refractivity contribution in [3.8, 4) is 5.75 Å². The van der Waals surface area contributed by atoms with Crippen LogP contribution in [0.1, 0.15) is 91.0 Å². The fraction of sp³-hybridized carbons (Fsp3) is 0.561. The molecule has 290 valence electrons. The molecule has 2 heterocycles. The molecule has 6 atom stereocenters. The highest BCUT2D eigenvalue weighted by molar-refractivity contribution is 6.32. The Morgan fingerprint density at radius 1 is 0.981 bits per heavy atom. The maximum Gasteiger partial charge on any atom is 0.347 e. The monoisotopic (exact) mass is 754 g/mol. The van der Waals surface area contributed by atoms with Crippen LogP contribution in [-0.4, -0.2) is 67.4 Å². The number of carbonyl (C=O) groups is 4. The van der Waals surface area contributed by atoms with Crippen LogP contribution in [0.2, 0.25) is 5.02 Å². The molecule has 2 aliphatic rings. The Morgan fingerprint density at radius 3 is 2.28 bits per heavy atom.